The molecule has 4 nitrogen and oxygen atoms in total. The number of hydrazine groups is 1. The van der Waals surface area contributed by atoms with Gasteiger partial charge in [-0.1, -0.05) is 17.7 Å². The third kappa shape index (κ3) is 3.72. The lowest BCUT2D eigenvalue weighted by molar-refractivity contribution is -0.131. The highest BCUT2D eigenvalue weighted by Crippen LogP contribution is 2.28. The quantitative estimate of drug-likeness (QED) is 0.383. The molecule has 1 heterocycles. The van der Waals surface area contributed by atoms with Crippen LogP contribution in [0.1, 0.15) is 24.0 Å². The van der Waals surface area contributed by atoms with Gasteiger partial charge in [-0.05, 0) is 38.3 Å². The van der Waals surface area contributed by atoms with Gasteiger partial charge in [-0.3, -0.25) is 10.2 Å². The van der Waals surface area contributed by atoms with Gasteiger partial charge in [0, 0.05) is 10.6 Å². The Morgan fingerprint density at radius 2 is 2.26 bits per heavy atom. The molecule has 0 spiro atoms. The molecule has 0 aromatic heterocycles. The van der Waals surface area contributed by atoms with Gasteiger partial charge in [0.1, 0.15) is 6.10 Å². The second kappa shape index (κ2) is 6.41. The van der Waals surface area contributed by atoms with Crippen molar-refractivity contribution < 1.29 is 9.53 Å². The summed E-state index contributed by atoms with van der Waals surface area (Å²) in [5.41, 5.74) is 4.71. The van der Waals surface area contributed by atoms with Crippen molar-refractivity contribution in [2.24, 2.45) is 5.84 Å². The Bertz CT molecular complexity index is 465. The van der Waals surface area contributed by atoms with Crippen LogP contribution in [0.25, 0.3) is 0 Å². The molecular weight excluding hydrogens is 260 g/mol. The number of benzene rings is 1. The van der Waals surface area contributed by atoms with Crippen LogP contribution in [0.2, 0.25) is 0 Å². The molecule has 1 saturated heterocycles. The van der Waals surface area contributed by atoms with Crippen molar-refractivity contribution in [2.75, 3.05) is 5.75 Å². The minimum atomic E-state index is -0.380. The summed E-state index contributed by atoms with van der Waals surface area (Å²) in [5.74, 6) is 5.76. The van der Waals surface area contributed by atoms with E-state index >= 15 is 0 Å². The topological polar surface area (TPSA) is 64.4 Å². The Morgan fingerprint density at radius 1 is 1.47 bits per heavy atom. The van der Waals surface area contributed by atoms with Crippen LogP contribution in [0.15, 0.2) is 23.1 Å². The molecule has 2 atom stereocenters. The first kappa shape index (κ1) is 14.4. The summed E-state index contributed by atoms with van der Waals surface area (Å²) in [5, 5.41) is 0. The van der Waals surface area contributed by atoms with Crippen LogP contribution in [0.3, 0.4) is 0 Å². The minimum absolute atomic E-state index is 0.132. The lowest BCUT2D eigenvalue weighted by Gasteiger charge is -2.13. The van der Waals surface area contributed by atoms with Gasteiger partial charge >= 0.3 is 0 Å². The number of aryl methyl sites for hydroxylation is 2. The molecule has 3 N–H and O–H groups in total. The van der Waals surface area contributed by atoms with Crippen LogP contribution in [-0.4, -0.2) is 23.9 Å². The summed E-state index contributed by atoms with van der Waals surface area (Å²) in [4.78, 5) is 12.6. The first-order valence-electron chi connectivity index (χ1n) is 6.46. The van der Waals surface area contributed by atoms with E-state index in [1.807, 2.05) is 0 Å². The number of hydrogen-bond donors (Lipinski definition) is 2. The molecule has 2 unspecified atom stereocenters. The molecule has 2 rings (SSSR count). The van der Waals surface area contributed by atoms with Crippen LogP contribution in [0, 0.1) is 13.8 Å². The molecule has 104 valence electrons. The first-order chi connectivity index (χ1) is 9.10. The molecule has 1 aliphatic rings. The lowest BCUT2D eigenvalue weighted by atomic mass is 10.2. The molecule has 0 bridgehead atoms. The normalized spacial score (nSPS) is 22.5. The molecular formula is C14H20N2O2S. The van der Waals surface area contributed by atoms with Crippen molar-refractivity contribution in [3.05, 3.63) is 29.3 Å². The van der Waals surface area contributed by atoms with Crippen molar-refractivity contribution in [3.63, 3.8) is 0 Å². The third-order valence-corrected chi connectivity index (χ3v) is 4.60. The monoisotopic (exact) mass is 280 g/mol. The van der Waals surface area contributed by atoms with E-state index in [0.29, 0.717) is 0 Å². The summed E-state index contributed by atoms with van der Waals surface area (Å²) in [6.07, 6.45) is 1.42. The molecule has 0 radical (unpaired) electrons. The minimum Gasteiger partial charge on any atom is -0.364 e. The molecule has 0 saturated carbocycles. The maximum Gasteiger partial charge on any atom is 0.263 e. The molecule has 1 aromatic rings. The number of carbonyl (C=O) groups is 1. The first-order valence-corrected chi connectivity index (χ1v) is 7.44. The summed E-state index contributed by atoms with van der Waals surface area (Å²) in [6.45, 7) is 4.22. The zero-order valence-corrected chi connectivity index (χ0v) is 12.1. The Hall–Kier alpha value is -1.04. The summed E-state index contributed by atoms with van der Waals surface area (Å²) >= 11 is 1.79. The largest absolute Gasteiger partial charge is 0.364 e. The maximum atomic E-state index is 11.4. The van der Waals surface area contributed by atoms with E-state index < -0.39 is 0 Å². The van der Waals surface area contributed by atoms with Gasteiger partial charge in [0.25, 0.3) is 5.91 Å². The molecule has 1 aromatic carbocycles. The number of carbonyl (C=O) groups excluding carboxylic acids is 1. The zero-order chi connectivity index (χ0) is 13.8. The Balaban J connectivity index is 1.85. The average molecular weight is 280 g/mol. The molecule has 1 fully saturated rings. The van der Waals surface area contributed by atoms with Gasteiger partial charge < -0.3 is 4.74 Å². The van der Waals surface area contributed by atoms with Crippen LogP contribution >= 0.6 is 11.8 Å². The number of ether oxygens (including phenoxy) is 1. The summed E-state index contributed by atoms with van der Waals surface area (Å²) in [7, 11) is 0. The van der Waals surface area contributed by atoms with Gasteiger partial charge in [0.2, 0.25) is 0 Å². The van der Waals surface area contributed by atoms with E-state index in [2.05, 4.69) is 37.5 Å². The number of nitrogens with one attached hydrogen (secondary N) is 1. The van der Waals surface area contributed by atoms with Crippen molar-refractivity contribution >= 4 is 17.7 Å². The second-order valence-corrected chi connectivity index (χ2v) is 5.97. The fourth-order valence-electron chi connectivity index (χ4n) is 2.26. The van der Waals surface area contributed by atoms with Crippen molar-refractivity contribution in [3.8, 4) is 0 Å². The van der Waals surface area contributed by atoms with Crippen LogP contribution < -0.4 is 11.3 Å². The van der Waals surface area contributed by atoms with E-state index in [0.717, 1.165) is 18.6 Å². The molecule has 19 heavy (non-hydrogen) atoms. The van der Waals surface area contributed by atoms with Gasteiger partial charge in [0.15, 0.2) is 0 Å². The highest BCUT2D eigenvalue weighted by molar-refractivity contribution is 7.99. The Morgan fingerprint density at radius 3 is 2.95 bits per heavy atom. The van der Waals surface area contributed by atoms with Crippen LogP contribution in [0.4, 0.5) is 0 Å². The van der Waals surface area contributed by atoms with Crippen molar-refractivity contribution in [2.45, 2.75) is 43.8 Å². The number of hydrogen-bond acceptors (Lipinski definition) is 4. The predicted octanol–water partition coefficient (Wildman–Crippen LogP) is 1.93. The molecule has 0 aliphatic carbocycles. The zero-order valence-electron chi connectivity index (χ0n) is 11.3. The SMILES string of the molecule is Cc1ccc(SCC2CCC(C(=O)NN)O2)c(C)c1. The van der Waals surface area contributed by atoms with E-state index in [1.54, 1.807) is 11.8 Å². The summed E-state index contributed by atoms with van der Waals surface area (Å²) < 4.78 is 5.69. The van der Waals surface area contributed by atoms with Gasteiger partial charge in [-0.2, -0.15) is 0 Å². The number of nitrogens with two attached hydrogens (primary N) is 1. The number of amides is 1. The number of rotatable bonds is 4. The highest BCUT2D eigenvalue weighted by atomic mass is 32.2. The lowest BCUT2D eigenvalue weighted by Crippen LogP contribution is -2.39. The van der Waals surface area contributed by atoms with Crippen LogP contribution in [0.5, 0.6) is 0 Å². The molecule has 1 aliphatic heterocycles. The fourth-order valence-corrected chi connectivity index (χ4v) is 3.32. The van der Waals surface area contributed by atoms with E-state index in [-0.39, 0.29) is 18.1 Å². The smallest absolute Gasteiger partial charge is 0.263 e. The predicted molar refractivity (Wildman–Crippen MR) is 76.9 cm³/mol. The number of thioether (sulfide) groups is 1. The molecule has 5 heteroatoms. The van der Waals surface area contributed by atoms with Crippen LogP contribution in [-0.2, 0) is 9.53 Å². The van der Waals surface area contributed by atoms with Crippen molar-refractivity contribution in [1.29, 1.82) is 0 Å². The average Bonchev–Trinajstić information content (AvgIpc) is 2.85. The fraction of sp³-hybridized carbons (Fsp3) is 0.500. The molecule has 1 amide bonds. The van der Waals surface area contributed by atoms with E-state index in [9.17, 15) is 4.79 Å². The standard InChI is InChI=1S/C14H20N2O2S/c1-9-3-6-13(10(2)7-9)19-8-11-4-5-12(18-11)14(17)16-15/h3,6-7,11-12H,4-5,8,15H2,1-2H3,(H,16,17). The third-order valence-electron chi connectivity index (χ3n) is 3.30. The van der Waals surface area contributed by atoms with E-state index in [1.165, 1.54) is 16.0 Å². The van der Waals surface area contributed by atoms with Gasteiger partial charge in [0.05, 0.1) is 6.10 Å². The van der Waals surface area contributed by atoms with Gasteiger partial charge in [-0.25, -0.2) is 5.84 Å². The second-order valence-electron chi connectivity index (χ2n) is 4.91. The Labute approximate surface area is 118 Å². The van der Waals surface area contributed by atoms with Gasteiger partial charge in [-0.15, -0.1) is 11.8 Å². The van der Waals surface area contributed by atoms with Crippen molar-refractivity contribution in [1.82, 2.24) is 5.43 Å². The summed E-state index contributed by atoms with van der Waals surface area (Å²) in [6, 6.07) is 6.45. The highest BCUT2D eigenvalue weighted by Gasteiger charge is 2.30. The maximum absolute atomic E-state index is 11.4. The Kier molecular flexibility index (Phi) is 4.85. The van der Waals surface area contributed by atoms with E-state index in [4.69, 9.17) is 10.6 Å².